The minimum absolute atomic E-state index is 0.221. The van der Waals surface area contributed by atoms with Crippen LogP contribution in [0.1, 0.15) is 11.7 Å². The van der Waals surface area contributed by atoms with Crippen LogP contribution in [0, 0.1) is 0 Å². The lowest BCUT2D eigenvalue weighted by atomic mass is 10.2. The molecule has 1 aromatic heterocycles. The van der Waals surface area contributed by atoms with E-state index in [4.69, 9.17) is 12.2 Å². The number of aromatic hydroxyl groups is 1. The molecule has 0 saturated carbocycles. The average molecular weight is 293 g/mol. The number of fused-ring (bicyclic) bond motifs is 1. The van der Waals surface area contributed by atoms with E-state index in [9.17, 15) is 9.90 Å². The van der Waals surface area contributed by atoms with E-state index in [0.29, 0.717) is 15.2 Å². The summed E-state index contributed by atoms with van der Waals surface area (Å²) in [5.74, 6) is -0.510. The van der Waals surface area contributed by atoms with E-state index in [1.807, 2.05) is 0 Å². The van der Waals surface area contributed by atoms with Crippen LogP contribution >= 0.6 is 24.0 Å². The lowest BCUT2D eigenvalue weighted by molar-refractivity contribution is 0.0933. The second-order valence-corrected chi connectivity index (χ2v) is 5.15. The van der Waals surface area contributed by atoms with Crippen LogP contribution in [0.2, 0.25) is 0 Å². The fraction of sp³-hybridized carbons (Fsp3) is 0.167. The summed E-state index contributed by atoms with van der Waals surface area (Å²) >= 11 is 6.21. The van der Waals surface area contributed by atoms with Gasteiger partial charge >= 0.3 is 0 Å². The van der Waals surface area contributed by atoms with Crippen LogP contribution in [-0.4, -0.2) is 26.2 Å². The summed E-state index contributed by atoms with van der Waals surface area (Å²) in [4.78, 5) is 11.6. The van der Waals surface area contributed by atoms with Gasteiger partial charge in [0.15, 0.2) is 10.0 Å². The molecule has 1 N–H and O–H groups in total. The van der Waals surface area contributed by atoms with Gasteiger partial charge in [0.1, 0.15) is 0 Å². The molecule has 0 amide bonds. The number of benzene rings is 1. The molecule has 1 heterocycles. The van der Waals surface area contributed by atoms with E-state index in [-0.39, 0.29) is 17.5 Å². The number of aromatic nitrogens is 1. The first-order valence-corrected chi connectivity index (χ1v) is 7.02. The highest BCUT2D eigenvalue weighted by molar-refractivity contribution is 8.22. The number of rotatable bonds is 1. The number of thiocarbonyl (C=S) groups is 1. The number of hydrogen-bond donors (Lipinski definition) is 1. The molecule has 0 fully saturated rings. The summed E-state index contributed by atoms with van der Waals surface area (Å²) in [7, 11) is 0. The highest BCUT2D eigenvalue weighted by Gasteiger charge is 2.18. The summed E-state index contributed by atoms with van der Waals surface area (Å²) in [6.07, 6.45) is 1.79. The Labute approximate surface area is 119 Å². The summed E-state index contributed by atoms with van der Waals surface area (Å²) in [6, 6.07) is 7.10. The van der Waals surface area contributed by atoms with E-state index in [0.717, 1.165) is 0 Å². The van der Waals surface area contributed by atoms with E-state index in [1.54, 1.807) is 30.5 Å². The Balaban J connectivity index is 2.67. The Morgan fingerprint density at radius 2 is 2.11 bits per heavy atom. The largest absolute Gasteiger partial charge is 0.493 e. The number of azo groups is 1. The maximum absolute atomic E-state index is 11.6. The normalized spacial score (nSPS) is 11.3. The molecule has 2 rings (SSSR count). The molecule has 0 aliphatic rings. The fourth-order valence-electron chi connectivity index (χ4n) is 1.76. The topological polar surface area (TPSA) is 67.0 Å². The molecule has 0 spiro atoms. The van der Waals surface area contributed by atoms with Crippen LogP contribution in [0.5, 0.6) is 5.88 Å². The van der Waals surface area contributed by atoms with Crippen LogP contribution < -0.4 is 0 Å². The number of carbonyl (C=O) groups excluding carboxylic acids is 1. The molecule has 5 nitrogen and oxygen atoms in total. The molecule has 0 radical (unpaired) electrons. The minimum Gasteiger partial charge on any atom is -0.493 e. The standard InChI is InChI=1S/C12H11N3O2S2/c1-7(16)15-9-6-4-3-5-8(9)10(11(15)17)13-14-12(18)19-2/h3-6,17H,1-2H3. The fourth-order valence-corrected chi connectivity index (χ4v) is 1.92. The number of thioether (sulfide) groups is 1. The number of carbonyl (C=O) groups is 1. The molecule has 7 heteroatoms. The van der Waals surface area contributed by atoms with Crippen molar-refractivity contribution in [3.05, 3.63) is 24.3 Å². The molecular weight excluding hydrogens is 282 g/mol. The molecule has 0 unspecified atom stereocenters. The SMILES string of the molecule is CSC(=S)N=Nc1c(O)n(C(C)=O)c2ccccc12. The average Bonchev–Trinajstić information content (AvgIpc) is 2.68. The van der Waals surface area contributed by atoms with Gasteiger partial charge in [-0.1, -0.05) is 30.0 Å². The number of nitrogens with zero attached hydrogens (tertiary/aromatic N) is 3. The van der Waals surface area contributed by atoms with Crippen molar-refractivity contribution in [1.82, 2.24) is 4.57 Å². The van der Waals surface area contributed by atoms with Gasteiger partial charge in [0.25, 0.3) is 0 Å². The van der Waals surface area contributed by atoms with Gasteiger partial charge < -0.3 is 5.11 Å². The zero-order chi connectivity index (χ0) is 14.0. The molecule has 0 atom stereocenters. The van der Waals surface area contributed by atoms with E-state index >= 15 is 0 Å². The van der Waals surface area contributed by atoms with Crippen LogP contribution in [0.15, 0.2) is 34.5 Å². The first-order valence-electron chi connectivity index (χ1n) is 5.39. The van der Waals surface area contributed by atoms with E-state index < -0.39 is 0 Å². The summed E-state index contributed by atoms with van der Waals surface area (Å²) < 4.78 is 1.56. The van der Waals surface area contributed by atoms with Crippen molar-refractivity contribution in [3.8, 4) is 5.88 Å². The molecule has 2 aromatic rings. The lowest BCUT2D eigenvalue weighted by Gasteiger charge is -1.99. The summed E-state index contributed by atoms with van der Waals surface area (Å²) in [5, 5.41) is 18.5. The first-order chi connectivity index (χ1) is 9.06. The Morgan fingerprint density at radius 3 is 2.74 bits per heavy atom. The van der Waals surface area contributed by atoms with Gasteiger partial charge in [-0.2, -0.15) is 0 Å². The third kappa shape index (κ3) is 2.52. The smallest absolute Gasteiger partial charge is 0.230 e. The van der Waals surface area contributed by atoms with Crippen LogP contribution in [-0.2, 0) is 0 Å². The molecule has 0 aliphatic heterocycles. The molecule has 98 valence electrons. The highest BCUT2D eigenvalue weighted by atomic mass is 32.2. The molecule has 1 aromatic carbocycles. The van der Waals surface area contributed by atoms with Crippen molar-refractivity contribution < 1.29 is 9.90 Å². The van der Waals surface area contributed by atoms with Crippen LogP contribution in [0.3, 0.4) is 0 Å². The maximum atomic E-state index is 11.6. The van der Waals surface area contributed by atoms with Gasteiger partial charge in [0, 0.05) is 12.3 Å². The molecular formula is C12H11N3O2S2. The molecule has 0 saturated heterocycles. The highest BCUT2D eigenvalue weighted by Crippen LogP contribution is 2.38. The Hall–Kier alpha value is -1.73. The second-order valence-electron chi connectivity index (χ2n) is 3.71. The van der Waals surface area contributed by atoms with Crippen molar-refractivity contribution in [2.24, 2.45) is 10.2 Å². The predicted molar refractivity (Wildman–Crippen MR) is 80.5 cm³/mol. The third-order valence-corrected chi connectivity index (χ3v) is 3.56. The van der Waals surface area contributed by atoms with Crippen LogP contribution in [0.25, 0.3) is 10.9 Å². The van der Waals surface area contributed by atoms with Gasteiger partial charge in [0.05, 0.1) is 5.52 Å². The van der Waals surface area contributed by atoms with E-state index in [1.165, 1.54) is 23.3 Å². The van der Waals surface area contributed by atoms with Crippen molar-refractivity contribution in [3.63, 3.8) is 0 Å². The number of para-hydroxylation sites is 1. The molecule has 0 bridgehead atoms. The predicted octanol–water partition coefficient (Wildman–Crippen LogP) is 3.74. The molecule has 19 heavy (non-hydrogen) atoms. The van der Waals surface area contributed by atoms with Crippen molar-refractivity contribution in [2.45, 2.75) is 6.92 Å². The zero-order valence-electron chi connectivity index (χ0n) is 10.3. The third-order valence-electron chi connectivity index (χ3n) is 2.54. The Kier molecular flexibility index (Phi) is 3.96. The van der Waals surface area contributed by atoms with Gasteiger partial charge in [-0.25, -0.2) is 4.57 Å². The van der Waals surface area contributed by atoms with Crippen molar-refractivity contribution in [1.29, 1.82) is 0 Å². The van der Waals surface area contributed by atoms with Gasteiger partial charge in [-0.05, 0) is 24.5 Å². The van der Waals surface area contributed by atoms with E-state index in [2.05, 4.69) is 10.2 Å². The van der Waals surface area contributed by atoms with Gasteiger partial charge in [0.2, 0.25) is 11.8 Å². The Morgan fingerprint density at radius 1 is 1.42 bits per heavy atom. The van der Waals surface area contributed by atoms with Crippen LogP contribution in [0.4, 0.5) is 5.69 Å². The monoisotopic (exact) mass is 293 g/mol. The second kappa shape index (κ2) is 5.50. The van der Waals surface area contributed by atoms with Crippen molar-refractivity contribution >= 4 is 50.8 Å². The Bertz CT molecular complexity index is 692. The van der Waals surface area contributed by atoms with Gasteiger partial charge in [-0.15, -0.1) is 10.2 Å². The maximum Gasteiger partial charge on any atom is 0.230 e. The quantitative estimate of drug-likeness (QED) is 0.642. The number of hydrogen-bond acceptors (Lipinski definition) is 5. The zero-order valence-corrected chi connectivity index (χ0v) is 12.0. The van der Waals surface area contributed by atoms with Crippen molar-refractivity contribution in [2.75, 3.05) is 6.26 Å². The lowest BCUT2D eigenvalue weighted by Crippen LogP contribution is -2.03. The van der Waals surface area contributed by atoms with Gasteiger partial charge in [-0.3, -0.25) is 4.79 Å². The summed E-state index contributed by atoms with van der Waals surface area (Å²) in [6.45, 7) is 1.37. The summed E-state index contributed by atoms with van der Waals surface area (Å²) in [5.41, 5.74) is 0.846. The first kappa shape index (κ1) is 13.7. The molecule has 0 aliphatic carbocycles. The minimum atomic E-state index is -0.289.